The summed E-state index contributed by atoms with van der Waals surface area (Å²) in [5.74, 6) is 0.541. The number of rotatable bonds is 1. The minimum atomic E-state index is -0.230. The normalized spacial score (nSPS) is 16.6. The third-order valence-corrected chi connectivity index (χ3v) is 2.48. The maximum Gasteiger partial charge on any atom is 0.262 e. The number of carbonyl (C=O) groups is 1. The van der Waals surface area contributed by atoms with Gasteiger partial charge in [-0.15, -0.1) is 0 Å². The van der Waals surface area contributed by atoms with E-state index >= 15 is 0 Å². The summed E-state index contributed by atoms with van der Waals surface area (Å²) in [5.41, 5.74) is 7.22. The Morgan fingerprint density at radius 3 is 3.07 bits per heavy atom. The molecule has 2 rings (SSSR count). The molecule has 0 aromatic heterocycles. The molecule has 0 radical (unpaired) electrons. The van der Waals surface area contributed by atoms with Gasteiger partial charge in [0.15, 0.2) is 6.61 Å². The number of hydrogen-bond acceptors (Lipinski definition) is 3. The highest BCUT2D eigenvalue weighted by atomic mass is 79.9. The van der Waals surface area contributed by atoms with Crippen LogP contribution >= 0.6 is 15.9 Å². The summed E-state index contributed by atoms with van der Waals surface area (Å²) in [6.45, 7) is 0.0761. The summed E-state index contributed by atoms with van der Waals surface area (Å²) in [6, 6.07) is 5.45. The Balaban J connectivity index is 2.37. The number of nitrogens with two attached hydrogens (primary N) is 1. The van der Waals surface area contributed by atoms with Gasteiger partial charge >= 0.3 is 0 Å². The number of ether oxygens (including phenoxy) is 1. The predicted molar refractivity (Wildman–Crippen MR) is 56.4 cm³/mol. The monoisotopic (exact) mass is 256 g/mol. The van der Waals surface area contributed by atoms with Crippen molar-refractivity contribution in [3.63, 3.8) is 0 Å². The maximum atomic E-state index is 11.0. The van der Waals surface area contributed by atoms with Crippen LogP contribution in [-0.4, -0.2) is 12.5 Å². The number of nitrogens with one attached hydrogen (secondary N) is 1. The zero-order chi connectivity index (χ0) is 10.1. The zero-order valence-corrected chi connectivity index (χ0v) is 8.87. The second-order valence-electron chi connectivity index (χ2n) is 2.99. The van der Waals surface area contributed by atoms with E-state index in [0.29, 0.717) is 11.4 Å². The molecule has 1 amide bonds. The average Bonchev–Trinajstić information content (AvgIpc) is 2.16. The first kappa shape index (κ1) is 9.48. The average molecular weight is 257 g/mol. The molecular formula is C9H9BrN2O2. The van der Waals surface area contributed by atoms with Crippen molar-refractivity contribution in [1.29, 1.82) is 0 Å². The van der Waals surface area contributed by atoms with Crippen LogP contribution in [0.2, 0.25) is 0 Å². The summed E-state index contributed by atoms with van der Waals surface area (Å²) in [6.07, 6.45) is 0. The number of amides is 1. The van der Waals surface area contributed by atoms with Gasteiger partial charge in [-0.05, 0) is 17.7 Å². The van der Waals surface area contributed by atoms with Crippen molar-refractivity contribution in [3.8, 4) is 5.75 Å². The third kappa shape index (κ3) is 1.73. The molecule has 1 aliphatic rings. The van der Waals surface area contributed by atoms with Crippen LogP contribution in [0.5, 0.6) is 5.75 Å². The lowest BCUT2D eigenvalue weighted by atomic mass is 10.1. The number of halogens is 1. The van der Waals surface area contributed by atoms with Gasteiger partial charge in [-0.2, -0.15) is 0 Å². The van der Waals surface area contributed by atoms with Crippen LogP contribution in [-0.2, 0) is 4.79 Å². The van der Waals surface area contributed by atoms with Gasteiger partial charge in [0.2, 0.25) is 0 Å². The first-order valence-electron chi connectivity index (χ1n) is 4.13. The molecule has 0 spiro atoms. The number of carbonyl (C=O) groups excluding carboxylic acids is 1. The van der Waals surface area contributed by atoms with Crippen molar-refractivity contribution in [2.75, 3.05) is 11.9 Å². The molecule has 4 nitrogen and oxygen atoms in total. The molecule has 1 aliphatic heterocycles. The van der Waals surface area contributed by atoms with Crippen molar-refractivity contribution in [2.24, 2.45) is 5.73 Å². The molecule has 0 bridgehead atoms. The van der Waals surface area contributed by atoms with Gasteiger partial charge in [-0.3, -0.25) is 4.79 Å². The van der Waals surface area contributed by atoms with E-state index in [9.17, 15) is 4.79 Å². The molecular weight excluding hydrogens is 248 g/mol. The van der Waals surface area contributed by atoms with Crippen molar-refractivity contribution in [1.82, 2.24) is 0 Å². The molecule has 0 aliphatic carbocycles. The third-order valence-electron chi connectivity index (χ3n) is 1.95. The SMILES string of the molecule is NC(Br)c1ccc2c(c1)NC(=O)CO2. The summed E-state index contributed by atoms with van der Waals surface area (Å²) >= 11 is 3.25. The van der Waals surface area contributed by atoms with Crippen LogP contribution in [0.25, 0.3) is 0 Å². The lowest BCUT2D eigenvalue weighted by molar-refractivity contribution is -0.118. The summed E-state index contributed by atoms with van der Waals surface area (Å²) in [7, 11) is 0. The van der Waals surface area contributed by atoms with E-state index in [-0.39, 0.29) is 17.5 Å². The van der Waals surface area contributed by atoms with E-state index in [4.69, 9.17) is 10.5 Å². The highest BCUT2D eigenvalue weighted by Crippen LogP contribution is 2.31. The van der Waals surface area contributed by atoms with Gasteiger partial charge in [0.1, 0.15) is 5.75 Å². The van der Waals surface area contributed by atoms with Crippen molar-refractivity contribution in [3.05, 3.63) is 23.8 Å². The van der Waals surface area contributed by atoms with Gasteiger partial charge < -0.3 is 15.8 Å². The van der Waals surface area contributed by atoms with Crippen LogP contribution in [0.1, 0.15) is 10.5 Å². The van der Waals surface area contributed by atoms with Crippen LogP contribution < -0.4 is 15.8 Å². The zero-order valence-electron chi connectivity index (χ0n) is 7.29. The highest BCUT2D eigenvalue weighted by Gasteiger charge is 2.16. The molecule has 1 aromatic carbocycles. The fourth-order valence-corrected chi connectivity index (χ4v) is 1.56. The molecule has 1 unspecified atom stereocenters. The van der Waals surface area contributed by atoms with Crippen LogP contribution in [0, 0.1) is 0 Å². The molecule has 1 heterocycles. The first-order valence-corrected chi connectivity index (χ1v) is 5.04. The molecule has 1 atom stereocenters. The predicted octanol–water partition coefficient (Wildman–Crippen LogP) is 1.37. The molecule has 0 saturated carbocycles. The Kier molecular flexibility index (Phi) is 2.43. The van der Waals surface area contributed by atoms with Gasteiger partial charge in [0.25, 0.3) is 5.91 Å². The van der Waals surface area contributed by atoms with Gasteiger partial charge in [-0.25, -0.2) is 0 Å². The van der Waals surface area contributed by atoms with Crippen molar-refractivity contribution in [2.45, 2.75) is 4.95 Å². The standard InChI is InChI=1S/C9H9BrN2O2/c10-9(11)5-1-2-7-6(3-5)12-8(13)4-14-7/h1-3,9H,4,11H2,(H,12,13). The Hall–Kier alpha value is -1.07. The van der Waals surface area contributed by atoms with Crippen LogP contribution in [0.15, 0.2) is 18.2 Å². The molecule has 0 fully saturated rings. The molecule has 0 saturated heterocycles. The van der Waals surface area contributed by atoms with E-state index in [1.165, 1.54) is 0 Å². The highest BCUT2D eigenvalue weighted by molar-refractivity contribution is 9.09. The Labute approximate surface area is 89.6 Å². The lowest BCUT2D eigenvalue weighted by Crippen LogP contribution is -2.25. The lowest BCUT2D eigenvalue weighted by Gasteiger charge is -2.18. The molecule has 5 heteroatoms. The van der Waals surface area contributed by atoms with E-state index < -0.39 is 0 Å². The Morgan fingerprint density at radius 1 is 1.57 bits per heavy atom. The Morgan fingerprint density at radius 2 is 2.36 bits per heavy atom. The van der Waals surface area contributed by atoms with Crippen LogP contribution in [0.3, 0.4) is 0 Å². The quantitative estimate of drug-likeness (QED) is 0.590. The minimum absolute atomic E-state index is 0.0761. The van der Waals surface area contributed by atoms with E-state index in [1.54, 1.807) is 12.1 Å². The van der Waals surface area contributed by atoms with E-state index in [1.807, 2.05) is 6.07 Å². The van der Waals surface area contributed by atoms with Crippen molar-refractivity contribution >= 4 is 27.5 Å². The minimum Gasteiger partial charge on any atom is -0.482 e. The number of anilines is 1. The van der Waals surface area contributed by atoms with Crippen LogP contribution in [0.4, 0.5) is 5.69 Å². The molecule has 14 heavy (non-hydrogen) atoms. The van der Waals surface area contributed by atoms with Gasteiger partial charge in [0.05, 0.1) is 10.6 Å². The number of hydrogen-bond donors (Lipinski definition) is 2. The molecule has 74 valence electrons. The second-order valence-corrected chi connectivity index (χ2v) is 3.98. The fraction of sp³-hybridized carbons (Fsp3) is 0.222. The number of benzene rings is 1. The van der Waals surface area contributed by atoms with Crippen molar-refractivity contribution < 1.29 is 9.53 Å². The molecule has 3 N–H and O–H groups in total. The number of alkyl halides is 1. The topological polar surface area (TPSA) is 64.3 Å². The largest absolute Gasteiger partial charge is 0.482 e. The summed E-state index contributed by atoms with van der Waals surface area (Å²) in [4.78, 5) is 10.8. The molecule has 1 aromatic rings. The van der Waals surface area contributed by atoms with Gasteiger partial charge in [-0.1, -0.05) is 22.0 Å². The smallest absolute Gasteiger partial charge is 0.262 e. The van der Waals surface area contributed by atoms with E-state index in [0.717, 1.165) is 5.56 Å². The maximum absolute atomic E-state index is 11.0. The number of fused-ring (bicyclic) bond motifs is 1. The summed E-state index contributed by atoms with van der Waals surface area (Å²) in [5, 5.41) is 2.71. The summed E-state index contributed by atoms with van der Waals surface area (Å²) < 4.78 is 5.20. The second kappa shape index (κ2) is 3.59. The van der Waals surface area contributed by atoms with E-state index in [2.05, 4.69) is 21.2 Å². The Bertz CT molecular complexity index is 379. The fourth-order valence-electron chi connectivity index (χ4n) is 1.27. The van der Waals surface area contributed by atoms with Gasteiger partial charge in [0, 0.05) is 0 Å². The first-order chi connectivity index (χ1) is 6.66.